The second-order valence-electron chi connectivity index (χ2n) is 8.48. The van der Waals surface area contributed by atoms with E-state index >= 15 is 0 Å². The zero-order valence-electron chi connectivity index (χ0n) is 19.4. The number of aromatic nitrogens is 2. The van der Waals surface area contributed by atoms with E-state index in [0.29, 0.717) is 33.7 Å². The third-order valence-electron chi connectivity index (χ3n) is 6.37. The summed E-state index contributed by atoms with van der Waals surface area (Å²) in [6.45, 7) is 4.93. The van der Waals surface area contributed by atoms with Crippen LogP contribution in [0.2, 0.25) is 5.02 Å². The standard InChI is InChI=1S/C26H26ClN5O3/c1-35-20-7-5-19(6-8-20)31-15-13-30(14-16-31)12-10-28-25(33)22-3-2-11-32-24(22)29-23-17-18(27)4-9-21(23)26(32)34/h2-9,11,17H,10,12-16H2,1H3,(H,28,33). The third kappa shape index (κ3) is 4.80. The van der Waals surface area contributed by atoms with Crippen molar-refractivity contribution in [3.8, 4) is 5.75 Å². The average Bonchev–Trinajstić information content (AvgIpc) is 2.89. The maximum Gasteiger partial charge on any atom is 0.265 e. The van der Waals surface area contributed by atoms with Gasteiger partial charge in [-0.25, -0.2) is 4.98 Å². The molecule has 0 aliphatic carbocycles. The molecule has 1 aliphatic heterocycles. The van der Waals surface area contributed by atoms with E-state index in [4.69, 9.17) is 16.3 Å². The van der Waals surface area contributed by atoms with Gasteiger partial charge in [-0.1, -0.05) is 11.6 Å². The van der Waals surface area contributed by atoms with E-state index < -0.39 is 0 Å². The molecular formula is C26H26ClN5O3. The number of carbonyl (C=O) groups excluding carboxylic acids is 1. The van der Waals surface area contributed by atoms with E-state index in [2.05, 4.69) is 32.2 Å². The van der Waals surface area contributed by atoms with E-state index in [9.17, 15) is 9.59 Å². The van der Waals surface area contributed by atoms with Gasteiger partial charge in [0.25, 0.3) is 11.5 Å². The predicted molar refractivity (Wildman–Crippen MR) is 138 cm³/mol. The Morgan fingerprint density at radius 3 is 2.60 bits per heavy atom. The van der Waals surface area contributed by atoms with Gasteiger partial charge in [0, 0.05) is 56.2 Å². The van der Waals surface area contributed by atoms with Crippen molar-refractivity contribution in [1.29, 1.82) is 0 Å². The minimum absolute atomic E-state index is 0.231. The SMILES string of the molecule is COc1ccc(N2CCN(CCNC(=O)c3cccn4c(=O)c5ccc(Cl)cc5nc34)CC2)cc1. The number of hydrogen-bond donors (Lipinski definition) is 1. The molecule has 8 nitrogen and oxygen atoms in total. The first-order valence-electron chi connectivity index (χ1n) is 11.5. The fourth-order valence-electron chi connectivity index (χ4n) is 4.42. The molecule has 35 heavy (non-hydrogen) atoms. The number of ether oxygens (including phenoxy) is 1. The summed E-state index contributed by atoms with van der Waals surface area (Å²) in [6.07, 6.45) is 1.62. The maximum atomic E-state index is 13.0. The molecule has 3 heterocycles. The second kappa shape index (κ2) is 9.93. The Labute approximate surface area is 207 Å². The van der Waals surface area contributed by atoms with Crippen LogP contribution in [0.25, 0.3) is 16.6 Å². The van der Waals surface area contributed by atoms with Crippen LogP contribution in [-0.4, -0.2) is 66.6 Å². The molecule has 0 bridgehead atoms. The van der Waals surface area contributed by atoms with Crippen LogP contribution in [-0.2, 0) is 0 Å². The Hall–Kier alpha value is -3.62. The minimum Gasteiger partial charge on any atom is -0.497 e. The first-order valence-corrected chi connectivity index (χ1v) is 11.9. The Morgan fingerprint density at radius 2 is 1.86 bits per heavy atom. The summed E-state index contributed by atoms with van der Waals surface area (Å²) >= 11 is 6.08. The first kappa shape index (κ1) is 23.1. The molecule has 0 spiro atoms. The molecule has 0 radical (unpaired) electrons. The number of amides is 1. The number of nitrogens with one attached hydrogen (secondary N) is 1. The van der Waals surface area contributed by atoms with E-state index in [-0.39, 0.29) is 11.5 Å². The Bertz CT molecular complexity index is 1430. The predicted octanol–water partition coefficient (Wildman–Crippen LogP) is 3.06. The Balaban J connectivity index is 1.21. The van der Waals surface area contributed by atoms with Crippen LogP contribution in [0.4, 0.5) is 5.69 Å². The van der Waals surface area contributed by atoms with Gasteiger partial charge in [-0.15, -0.1) is 0 Å². The van der Waals surface area contributed by atoms with Gasteiger partial charge in [0.1, 0.15) is 5.75 Å². The summed E-state index contributed by atoms with van der Waals surface area (Å²) in [6, 6.07) is 16.4. The largest absolute Gasteiger partial charge is 0.497 e. The van der Waals surface area contributed by atoms with E-state index in [1.54, 1.807) is 43.6 Å². The van der Waals surface area contributed by atoms with Gasteiger partial charge >= 0.3 is 0 Å². The van der Waals surface area contributed by atoms with E-state index in [0.717, 1.165) is 38.5 Å². The third-order valence-corrected chi connectivity index (χ3v) is 6.61. The van der Waals surface area contributed by atoms with Crippen molar-refractivity contribution >= 4 is 39.7 Å². The second-order valence-corrected chi connectivity index (χ2v) is 8.91. The van der Waals surface area contributed by atoms with Crippen molar-refractivity contribution in [1.82, 2.24) is 19.6 Å². The Kier molecular flexibility index (Phi) is 6.57. The van der Waals surface area contributed by atoms with Gasteiger partial charge in [0.2, 0.25) is 0 Å². The number of fused-ring (bicyclic) bond motifs is 2. The number of methoxy groups -OCH3 is 1. The van der Waals surface area contributed by atoms with Crippen molar-refractivity contribution in [2.45, 2.75) is 0 Å². The highest BCUT2D eigenvalue weighted by Gasteiger charge is 2.18. The molecule has 4 aromatic rings. The van der Waals surface area contributed by atoms with Crippen molar-refractivity contribution < 1.29 is 9.53 Å². The lowest BCUT2D eigenvalue weighted by molar-refractivity contribution is 0.0949. The number of halogens is 1. The molecular weight excluding hydrogens is 466 g/mol. The van der Waals surface area contributed by atoms with Gasteiger partial charge in [0.05, 0.1) is 23.6 Å². The minimum atomic E-state index is -0.256. The first-order chi connectivity index (χ1) is 17.0. The molecule has 0 atom stereocenters. The van der Waals surface area contributed by atoms with Crippen LogP contribution in [0.1, 0.15) is 10.4 Å². The molecule has 2 aromatic carbocycles. The lowest BCUT2D eigenvalue weighted by atomic mass is 10.2. The zero-order chi connectivity index (χ0) is 24.4. The highest BCUT2D eigenvalue weighted by molar-refractivity contribution is 6.31. The summed E-state index contributed by atoms with van der Waals surface area (Å²) in [5.74, 6) is 0.597. The number of piperazine rings is 1. The monoisotopic (exact) mass is 491 g/mol. The lowest BCUT2D eigenvalue weighted by Gasteiger charge is -2.36. The van der Waals surface area contributed by atoms with Gasteiger partial charge in [0.15, 0.2) is 5.65 Å². The quantitative estimate of drug-likeness (QED) is 0.418. The number of hydrogen-bond acceptors (Lipinski definition) is 6. The van der Waals surface area contributed by atoms with Crippen LogP contribution in [0.15, 0.2) is 65.6 Å². The van der Waals surface area contributed by atoms with Crippen molar-refractivity contribution in [2.75, 3.05) is 51.3 Å². The number of anilines is 1. The molecule has 1 saturated heterocycles. The van der Waals surface area contributed by atoms with E-state index in [1.165, 1.54) is 10.1 Å². The topological polar surface area (TPSA) is 79.2 Å². The molecule has 180 valence electrons. The molecule has 1 aliphatic rings. The van der Waals surface area contributed by atoms with Crippen LogP contribution in [0.3, 0.4) is 0 Å². The molecule has 1 amide bonds. The summed E-state index contributed by atoms with van der Waals surface area (Å²) in [4.78, 5) is 35.1. The molecule has 0 unspecified atom stereocenters. The van der Waals surface area contributed by atoms with Crippen molar-refractivity contribution in [3.05, 3.63) is 81.7 Å². The van der Waals surface area contributed by atoms with Gasteiger partial charge in [-0.3, -0.25) is 18.9 Å². The van der Waals surface area contributed by atoms with Crippen LogP contribution in [0, 0.1) is 0 Å². The lowest BCUT2D eigenvalue weighted by Crippen LogP contribution is -2.48. The highest BCUT2D eigenvalue weighted by atomic mass is 35.5. The van der Waals surface area contributed by atoms with E-state index in [1.807, 2.05) is 12.1 Å². The molecule has 0 saturated carbocycles. The summed E-state index contributed by atoms with van der Waals surface area (Å²) < 4.78 is 6.64. The molecule has 5 rings (SSSR count). The summed E-state index contributed by atoms with van der Waals surface area (Å²) in [7, 11) is 1.67. The molecule has 2 aromatic heterocycles. The number of benzene rings is 2. The fourth-order valence-corrected chi connectivity index (χ4v) is 4.59. The zero-order valence-corrected chi connectivity index (χ0v) is 20.2. The van der Waals surface area contributed by atoms with Crippen LogP contribution < -0.4 is 20.5 Å². The smallest absolute Gasteiger partial charge is 0.265 e. The highest BCUT2D eigenvalue weighted by Crippen LogP contribution is 2.20. The number of nitrogens with zero attached hydrogens (tertiary/aromatic N) is 4. The molecule has 9 heteroatoms. The van der Waals surface area contributed by atoms with Gasteiger partial charge < -0.3 is 15.0 Å². The molecule has 1 fully saturated rings. The van der Waals surface area contributed by atoms with Gasteiger partial charge in [-0.05, 0) is 54.6 Å². The number of pyridine rings is 1. The van der Waals surface area contributed by atoms with Crippen LogP contribution in [0.5, 0.6) is 5.75 Å². The summed E-state index contributed by atoms with van der Waals surface area (Å²) in [5, 5.41) is 3.93. The number of rotatable bonds is 6. The number of carbonyl (C=O) groups is 1. The van der Waals surface area contributed by atoms with Crippen molar-refractivity contribution in [2.24, 2.45) is 0 Å². The average molecular weight is 492 g/mol. The fraction of sp³-hybridized carbons (Fsp3) is 0.269. The Morgan fingerprint density at radius 1 is 1.09 bits per heavy atom. The summed E-state index contributed by atoms with van der Waals surface area (Å²) in [5.41, 5.74) is 2.10. The van der Waals surface area contributed by atoms with Crippen LogP contribution >= 0.6 is 11.6 Å². The maximum absolute atomic E-state index is 13.0. The molecule has 1 N–H and O–H groups in total. The van der Waals surface area contributed by atoms with Crippen molar-refractivity contribution in [3.63, 3.8) is 0 Å². The van der Waals surface area contributed by atoms with Gasteiger partial charge in [-0.2, -0.15) is 0 Å². The normalized spacial score (nSPS) is 14.4.